The van der Waals surface area contributed by atoms with Crippen LogP contribution in [-0.4, -0.2) is 34.0 Å². The van der Waals surface area contributed by atoms with E-state index in [1.54, 1.807) is 6.20 Å². The van der Waals surface area contributed by atoms with E-state index in [2.05, 4.69) is 43.5 Å². The lowest BCUT2D eigenvalue weighted by Gasteiger charge is -2.22. The van der Waals surface area contributed by atoms with Crippen LogP contribution in [0.3, 0.4) is 0 Å². The molecule has 0 saturated carbocycles. The Labute approximate surface area is 136 Å². The van der Waals surface area contributed by atoms with E-state index in [1.807, 2.05) is 28.9 Å². The van der Waals surface area contributed by atoms with Gasteiger partial charge in [0.05, 0.1) is 12.2 Å². The smallest absolute Gasteiger partial charge is 0.277 e. The van der Waals surface area contributed by atoms with Crippen LogP contribution in [0, 0.1) is 3.57 Å². The molecule has 1 aliphatic heterocycles. The maximum atomic E-state index is 12.2. The molecular formula is C14H16IN5O. The molecule has 2 N–H and O–H groups in total. The molecule has 7 heteroatoms. The van der Waals surface area contributed by atoms with Crippen LogP contribution in [0.1, 0.15) is 29.4 Å². The molecule has 1 aliphatic rings. The zero-order valence-corrected chi connectivity index (χ0v) is 13.6. The van der Waals surface area contributed by atoms with Gasteiger partial charge in [-0.1, -0.05) is 5.21 Å². The molecule has 21 heavy (non-hydrogen) atoms. The van der Waals surface area contributed by atoms with Gasteiger partial charge in [0.1, 0.15) is 0 Å². The normalized spacial score (nSPS) is 15.9. The molecular weight excluding hydrogens is 381 g/mol. The Balaban J connectivity index is 1.67. The fourth-order valence-corrected chi connectivity index (χ4v) is 2.72. The van der Waals surface area contributed by atoms with Crippen molar-refractivity contribution in [2.45, 2.75) is 18.9 Å². The lowest BCUT2D eigenvalue weighted by Crippen LogP contribution is -2.29. The van der Waals surface area contributed by atoms with Crippen LogP contribution in [-0.2, 0) is 0 Å². The average Bonchev–Trinajstić information content (AvgIpc) is 3.00. The summed E-state index contributed by atoms with van der Waals surface area (Å²) in [6, 6.07) is 7.97. The van der Waals surface area contributed by atoms with Crippen molar-refractivity contribution in [1.82, 2.24) is 20.3 Å². The predicted molar refractivity (Wildman–Crippen MR) is 88.3 cm³/mol. The molecule has 1 amide bonds. The lowest BCUT2D eigenvalue weighted by molar-refractivity contribution is 0.102. The van der Waals surface area contributed by atoms with Crippen LogP contribution < -0.4 is 10.6 Å². The van der Waals surface area contributed by atoms with E-state index in [-0.39, 0.29) is 5.91 Å². The number of nitrogens with one attached hydrogen (secondary N) is 2. The van der Waals surface area contributed by atoms with Crippen molar-refractivity contribution in [3.63, 3.8) is 0 Å². The summed E-state index contributed by atoms with van der Waals surface area (Å²) >= 11 is 2.23. The summed E-state index contributed by atoms with van der Waals surface area (Å²) in [6.07, 6.45) is 3.76. The summed E-state index contributed by atoms with van der Waals surface area (Å²) in [4.78, 5) is 12.2. The Hall–Kier alpha value is -1.48. The van der Waals surface area contributed by atoms with E-state index < -0.39 is 0 Å². The third-order valence-electron chi connectivity index (χ3n) is 3.53. The van der Waals surface area contributed by atoms with Gasteiger partial charge in [0.2, 0.25) is 0 Å². The minimum absolute atomic E-state index is 0.226. The van der Waals surface area contributed by atoms with Crippen LogP contribution in [0.25, 0.3) is 0 Å². The molecule has 110 valence electrons. The Morgan fingerprint density at radius 1 is 1.29 bits per heavy atom. The van der Waals surface area contributed by atoms with Gasteiger partial charge in [-0.05, 0) is 72.8 Å². The number of carbonyl (C=O) groups excluding carboxylic acids is 1. The highest BCUT2D eigenvalue weighted by Gasteiger charge is 2.18. The Kier molecular flexibility index (Phi) is 4.49. The first-order chi connectivity index (χ1) is 10.2. The number of hydrogen-bond acceptors (Lipinski definition) is 4. The molecule has 3 rings (SSSR count). The summed E-state index contributed by atoms with van der Waals surface area (Å²) in [5, 5.41) is 14.2. The molecule has 2 aromatic rings. The molecule has 0 atom stereocenters. The number of rotatable bonds is 3. The second kappa shape index (κ2) is 6.52. The highest BCUT2D eigenvalue weighted by Crippen LogP contribution is 2.17. The number of halogens is 1. The fourth-order valence-electron chi connectivity index (χ4n) is 2.36. The largest absolute Gasteiger partial charge is 0.321 e. The SMILES string of the molecule is O=C(Nc1ccc(I)cc1)c1cn(C2CCNCC2)nn1. The highest BCUT2D eigenvalue weighted by molar-refractivity contribution is 14.1. The van der Waals surface area contributed by atoms with Crippen LogP contribution in [0.2, 0.25) is 0 Å². The van der Waals surface area contributed by atoms with Crippen molar-refractivity contribution in [3.05, 3.63) is 39.7 Å². The molecule has 0 bridgehead atoms. The molecule has 0 aliphatic carbocycles. The first-order valence-corrected chi connectivity index (χ1v) is 8.00. The second-order valence-electron chi connectivity index (χ2n) is 5.03. The maximum Gasteiger partial charge on any atom is 0.277 e. The summed E-state index contributed by atoms with van der Waals surface area (Å²) in [7, 11) is 0. The van der Waals surface area contributed by atoms with Crippen LogP contribution in [0.5, 0.6) is 0 Å². The number of aromatic nitrogens is 3. The zero-order valence-electron chi connectivity index (χ0n) is 11.4. The molecule has 1 saturated heterocycles. The minimum atomic E-state index is -0.226. The zero-order chi connectivity index (χ0) is 14.7. The third-order valence-corrected chi connectivity index (χ3v) is 4.25. The molecule has 6 nitrogen and oxygen atoms in total. The minimum Gasteiger partial charge on any atom is -0.321 e. The molecule has 2 heterocycles. The topological polar surface area (TPSA) is 71.8 Å². The number of anilines is 1. The monoisotopic (exact) mass is 397 g/mol. The third kappa shape index (κ3) is 3.59. The van der Waals surface area contributed by atoms with Gasteiger partial charge in [-0.2, -0.15) is 0 Å². The van der Waals surface area contributed by atoms with Gasteiger partial charge < -0.3 is 10.6 Å². The molecule has 1 aromatic carbocycles. The second-order valence-corrected chi connectivity index (χ2v) is 6.27. The number of carbonyl (C=O) groups is 1. The van der Waals surface area contributed by atoms with E-state index in [0.29, 0.717) is 11.7 Å². The van der Waals surface area contributed by atoms with Gasteiger partial charge in [0.25, 0.3) is 5.91 Å². The number of hydrogen-bond donors (Lipinski definition) is 2. The quantitative estimate of drug-likeness (QED) is 0.778. The first kappa shape index (κ1) is 14.5. The summed E-state index contributed by atoms with van der Waals surface area (Å²) in [5.74, 6) is -0.226. The van der Waals surface area contributed by atoms with Gasteiger partial charge in [-0.3, -0.25) is 4.79 Å². The van der Waals surface area contributed by atoms with Gasteiger partial charge in [-0.15, -0.1) is 5.10 Å². The Bertz CT molecular complexity index is 619. The van der Waals surface area contributed by atoms with Crippen molar-refractivity contribution in [1.29, 1.82) is 0 Å². The molecule has 1 aromatic heterocycles. The Morgan fingerprint density at radius 2 is 2.00 bits per heavy atom. The fraction of sp³-hybridized carbons (Fsp3) is 0.357. The summed E-state index contributed by atoms with van der Waals surface area (Å²) in [6.45, 7) is 1.96. The van der Waals surface area contributed by atoms with Crippen molar-refractivity contribution < 1.29 is 4.79 Å². The van der Waals surface area contributed by atoms with E-state index in [0.717, 1.165) is 35.2 Å². The number of amides is 1. The van der Waals surface area contributed by atoms with E-state index in [1.165, 1.54) is 0 Å². The van der Waals surface area contributed by atoms with Gasteiger partial charge in [0.15, 0.2) is 5.69 Å². The molecule has 0 radical (unpaired) electrons. The predicted octanol–water partition coefficient (Wildman–Crippen LogP) is 2.06. The number of benzene rings is 1. The van der Waals surface area contributed by atoms with Crippen LogP contribution >= 0.6 is 22.6 Å². The maximum absolute atomic E-state index is 12.2. The Morgan fingerprint density at radius 3 is 2.71 bits per heavy atom. The number of nitrogens with zero attached hydrogens (tertiary/aromatic N) is 3. The average molecular weight is 397 g/mol. The van der Waals surface area contributed by atoms with Crippen LogP contribution in [0.4, 0.5) is 5.69 Å². The van der Waals surface area contributed by atoms with Crippen molar-refractivity contribution in [2.24, 2.45) is 0 Å². The van der Waals surface area contributed by atoms with Crippen molar-refractivity contribution in [2.75, 3.05) is 18.4 Å². The van der Waals surface area contributed by atoms with E-state index in [4.69, 9.17) is 0 Å². The summed E-state index contributed by atoms with van der Waals surface area (Å²) < 4.78 is 2.94. The van der Waals surface area contributed by atoms with E-state index in [9.17, 15) is 4.79 Å². The molecule has 0 spiro atoms. The van der Waals surface area contributed by atoms with Crippen molar-refractivity contribution in [3.8, 4) is 0 Å². The standard InChI is InChI=1S/C14H16IN5O/c15-10-1-3-11(4-2-10)17-14(21)13-9-20(19-18-13)12-5-7-16-8-6-12/h1-4,9,12,16H,5-8H2,(H,17,21). The highest BCUT2D eigenvalue weighted by atomic mass is 127. The van der Waals surface area contributed by atoms with Gasteiger partial charge >= 0.3 is 0 Å². The van der Waals surface area contributed by atoms with Crippen molar-refractivity contribution >= 4 is 34.2 Å². The van der Waals surface area contributed by atoms with E-state index >= 15 is 0 Å². The van der Waals surface area contributed by atoms with Crippen LogP contribution in [0.15, 0.2) is 30.5 Å². The first-order valence-electron chi connectivity index (χ1n) is 6.92. The molecule has 0 unspecified atom stereocenters. The van der Waals surface area contributed by atoms with Gasteiger partial charge in [-0.25, -0.2) is 4.68 Å². The van der Waals surface area contributed by atoms with Gasteiger partial charge in [0, 0.05) is 9.26 Å². The molecule has 1 fully saturated rings. The number of piperidine rings is 1. The lowest BCUT2D eigenvalue weighted by atomic mass is 10.1. The summed E-state index contributed by atoms with van der Waals surface area (Å²) in [5.41, 5.74) is 1.11.